The van der Waals surface area contributed by atoms with Crippen LogP contribution in [0.2, 0.25) is 0 Å². The molecule has 1 aliphatic carbocycles. The highest BCUT2D eigenvalue weighted by Crippen LogP contribution is 2.47. The van der Waals surface area contributed by atoms with Crippen LogP contribution in [0.5, 0.6) is 0 Å². The fraction of sp³-hybridized carbons (Fsp3) is 0.462. The quantitative estimate of drug-likeness (QED) is 0.482. The number of likely N-dealkylation sites (tertiary alicyclic amines) is 1. The molecule has 4 rings (SSSR count). The third-order valence-corrected chi connectivity index (χ3v) is 6.81. The summed E-state index contributed by atoms with van der Waals surface area (Å²) in [6.07, 6.45) is 3.55. The van der Waals surface area contributed by atoms with E-state index in [0.717, 1.165) is 12.0 Å². The number of amides is 1. The van der Waals surface area contributed by atoms with Crippen LogP contribution in [-0.4, -0.2) is 54.7 Å². The molecule has 0 bridgehead atoms. The van der Waals surface area contributed by atoms with E-state index in [2.05, 4.69) is 36.2 Å². The second-order valence-electron chi connectivity index (χ2n) is 8.92. The first-order valence-electron chi connectivity index (χ1n) is 11.4. The summed E-state index contributed by atoms with van der Waals surface area (Å²) < 4.78 is 11.5. The van der Waals surface area contributed by atoms with Crippen molar-refractivity contribution in [2.24, 2.45) is 5.92 Å². The van der Waals surface area contributed by atoms with E-state index in [1.807, 2.05) is 37.1 Å². The Morgan fingerprint density at radius 3 is 2.78 bits per heavy atom. The number of nitrogens with zero attached hydrogens (tertiary/aromatic N) is 1. The zero-order chi connectivity index (χ0) is 22.7. The molecule has 2 fully saturated rings. The van der Waals surface area contributed by atoms with E-state index in [9.17, 15) is 9.59 Å². The number of hydrogen-bond donors (Lipinski definition) is 1. The lowest BCUT2D eigenvalue weighted by molar-refractivity contribution is -0.149. The average Bonchev–Trinajstić information content (AvgIpc) is 3.39. The van der Waals surface area contributed by atoms with E-state index < -0.39 is 5.54 Å². The van der Waals surface area contributed by atoms with Crippen molar-refractivity contribution in [3.8, 4) is 0 Å². The lowest BCUT2D eigenvalue weighted by Crippen LogP contribution is -2.51. The highest BCUT2D eigenvalue weighted by molar-refractivity contribution is 5.93. The van der Waals surface area contributed by atoms with Gasteiger partial charge in [-0.2, -0.15) is 0 Å². The molecule has 1 amide bonds. The predicted molar refractivity (Wildman–Crippen MR) is 124 cm³/mol. The van der Waals surface area contributed by atoms with E-state index >= 15 is 0 Å². The van der Waals surface area contributed by atoms with Crippen LogP contribution < -0.4 is 5.32 Å². The number of rotatable bonds is 9. The maximum atomic E-state index is 13.1. The van der Waals surface area contributed by atoms with Crippen molar-refractivity contribution < 1.29 is 19.1 Å². The normalized spacial score (nSPS) is 27.2. The zero-order valence-corrected chi connectivity index (χ0v) is 18.9. The lowest BCUT2D eigenvalue weighted by Gasteiger charge is -2.23. The number of benzene rings is 2. The van der Waals surface area contributed by atoms with Crippen LogP contribution in [0.15, 0.2) is 55.1 Å². The Bertz CT molecular complexity index is 1000. The van der Waals surface area contributed by atoms with Crippen LogP contribution in [0.3, 0.4) is 0 Å². The van der Waals surface area contributed by atoms with Crippen molar-refractivity contribution in [1.82, 2.24) is 10.2 Å². The largest absolute Gasteiger partial charge is 0.460 e. The van der Waals surface area contributed by atoms with Gasteiger partial charge in [0.05, 0.1) is 18.8 Å². The maximum absolute atomic E-state index is 13.1. The number of carbonyl (C=O) groups is 2. The highest BCUT2D eigenvalue weighted by atomic mass is 16.5. The Morgan fingerprint density at radius 2 is 2.03 bits per heavy atom. The molecule has 0 aromatic heterocycles. The molecule has 2 aliphatic rings. The van der Waals surface area contributed by atoms with Gasteiger partial charge in [-0.3, -0.25) is 9.69 Å². The fourth-order valence-electron chi connectivity index (χ4n) is 4.85. The van der Waals surface area contributed by atoms with Gasteiger partial charge in [0.2, 0.25) is 5.91 Å². The SMILES string of the molecule is C=CCOC(=O)C1(NC(=O)C2CC(OCc3cccc4ccccc34)CN2C)CC1CC. The molecule has 1 saturated carbocycles. The summed E-state index contributed by atoms with van der Waals surface area (Å²) in [5.41, 5.74) is 0.253. The van der Waals surface area contributed by atoms with Gasteiger partial charge in [0.15, 0.2) is 0 Å². The standard InChI is InChI=1S/C26H32N2O4/c1-4-13-31-25(30)26(15-20(26)5-2)27-24(29)23-14-21(16-28(23)3)32-17-19-11-8-10-18-9-6-7-12-22(18)19/h4,6-12,20-21,23H,1,5,13-17H2,2-3H3,(H,27,29). The second-order valence-corrected chi connectivity index (χ2v) is 8.92. The minimum Gasteiger partial charge on any atom is -0.460 e. The van der Waals surface area contributed by atoms with E-state index in [1.165, 1.54) is 10.8 Å². The fourth-order valence-corrected chi connectivity index (χ4v) is 4.85. The van der Waals surface area contributed by atoms with Crippen LogP contribution in [0.4, 0.5) is 0 Å². The number of fused-ring (bicyclic) bond motifs is 1. The number of nitrogens with one attached hydrogen (secondary N) is 1. The molecular formula is C26H32N2O4. The highest BCUT2D eigenvalue weighted by Gasteiger charge is 2.62. The van der Waals surface area contributed by atoms with E-state index in [0.29, 0.717) is 26.0 Å². The minimum atomic E-state index is -0.891. The van der Waals surface area contributed by atoms with Crippen LogP contribution in [0.25, 0.3) is 10.8 Å². The van der Waals surface area contributed by atoms with Gasteiger partial charge in [0.1, 0.15) is 12.1 Å². The Balaban J connectivity index is 1.36. The smallest absolute Gasteiger partial charge is 0.332 e. The predicted octanol–water partition coefficient (Wildman–Crippen LogP) is 3.44. The van der Waals surface area contributed by atoms with Crippen LogP contribution in [0, 0.1) is 5.92 Å². The maximum Gasteiger partial charge on any atom is 0.332 e. The third kappa shape index (κ3) is 4.43. The summed E-state index contributed by atoms with van der Waals surface area (Å²) >= 11 is 0. The molecule has 1 aliphatic heterocycles. The Labute approximate surface area is 189 Å². The van der Waals surface area contributed by atoms with Crippen molar-refractivity contribution in [2.75, 3.05) is 20.2 Å². The van der Waals surface area contributed by atoms with Crippen molar-refractivity contribution in [2.45, 2.75) is 50.5 Å². The summed E-state index contributed by atoms with van der Waals surface area (Å²) in [5, 5.41) is 5.41. The summed E-state index contributed by atoms with van der Waals surface area (Å²) in [7, 11) is 1.93. The molecule has 2 aromatic rings. The first-order valence-corrected chi connectivity index (χ1v) is 11.4. The van der Waals surface area contributed by atoms with Crippen molar-refractivity contribution in [3.63, 3.8) is 0 Å². The minimum absolute atomic E-state index is 0.0421. The Hall–Kier alpha value is -2.70. The van der Waals surface area contributed by atoms with Gasteiger partial charge < -0.3 is 14.8 Å². The van der Waals surface area contributed by atoms with E-state index in [-0.39, 0.29) is 36.5 Å². The van der Waals surface area contributed by atoms with Crippen molar-refractivity contribution in [1.29, 1.82) is 0 Å². The number of ether oxygens (including phenoxy) is 2. The molecule has 4 atom stereocenters. The van der Waals surface area contributed by atoms with E-state index in [1.54, 1.807) is 6.08 Å². The molecule has 4 unspecified atom stereocenters. The van der Waals surface area contributed by atoms with Gasteiger partial charge in [0.25, 0.3) is 0 Å². The summed E-state index contributed by atoms with van der Waals surface area (Å²) in [5.74, 6) is -0.369. The van der Waals surface area contributed by atoms with Gasteiger partial charge in [-0.15, -0.1) is 0 Å². The van der Waals surface area contributed by atoms with Crippen molar-refractivity contribution >= 4 is 22.6 Å². The van der Waals surface area contributed by atoms with Crippen LogP contribution >= 0.6 is 0 Å². The molecule has 32 heavy (non-hydrogen) atoms. The van der Waals surface area contributed by atoms with E-state index in [4.69, 9.17) is 9.47 Å². The first kappa shape index (κ1) is 22.5. The summed E-state index contributed by atoms with van der Waals surface area (Å²) in [6.45, 7) is 6.94. The van der Waals surface area contributed by atoms with Crippen molar-refractivity contribution in [3.05, 3.63) is 60.7 Å². The van der Waals surface area contributed by atoms with Gasteiger partial charge in [-0.25, -0.2) is 4.79 Å². The number of carbonyl (C=O) groups excluding carboxylic acids is 2. The molecule has 2 aromatic carbocycles. The Kier molecular flexibility index (Phi) is 6.63. The number of esters is 1. The van der Waals surface area contributed by atoms with Gasteiger partial charge >= 0.3 is 5.97 Å². The van der Waals surface area contributed by atoms with Gasteiger partial charge in [-0.1, -0.05) is 68.5 Å². The third-order valence-electron chi connectivity index (χ3n) is 6.81. The monoisotopic (exact) mass is 436 g/mol. The summed E-state index contributed by atoms with van der Waals surface area (Å²) in [6, 6.07) is 14.2. The first-order chi connectivity index (χ1) is 15.5. The zero-order valence-electron chi connectivity index (χ0n) is 18.9. The lowest BCUT2D eigenvalue weighted by atomic mass is 10.1. The topological polar surface area (TPSA) is 67.9 Å². The molecular weight excluding hydrogens is 404 g/mol. The molecule has 6 heteroatoms. The summed E-state index contributed by atoms with van der Waals surface area (Å²) in [4.78, 5) is 27.7. The van der Waals surface area contributed by atoms with Gasteiger partial charge in [0, 0.05) is 6.54 Å². The molecule has 1 N–H and O–H groups in total. The second kappa shape index (κ2) is 9.43. The Morgan fingerprint density at radius 1 is 1.25 bits per heavy atom. The van der Waals surface area contributed by atoms with Crippen LogP contribution in [-0.2, 0) is 25.7 Å². The molecule has 6 nitrogen and oxygen atoms in total. The van der Waals surface area contributed by atoms with Crippen LogP contribution in [0.1, 0.15) is 31.7 Å². The number of hydrogen-bond acceptors (Lipinski definition) is 5. The average molecular weight is 437 g/mol. The number of likely N-dealkylation sites (N-methyl/N-ethyl adjacent to an activating group) is 1. The molecule has 1 saturated heterocycles. The molecule has 1 heterocycles. The molecule has 170 valence electrons. The molecule has 0 radical (unpaired) electrons. The molecule has 0 spiro atoms. The van der Waals surface area contributed by atoms with Gasteiger partial charge in [-0.05, 0) is 42.1 Å².